The van der Waals surface area contributed by atoms with Gasteiger partial charge < -0.3 is 9.63 Å². The van der Waals surface area contributed by atoms with E-state index in [9.17, 15) is 9.90 Å². The third-order valence-corrected chi connectivity index (χ3v) is 2.20. The highest BCUT2D eigenvalue weighted by Gasteiger charge is 2.25. The summed E-state index contributed by atoms with van der Waals surface area (Å²) in [6.45, 7) is 1.68. The van der Waals surface area contributed by atoms with Crippen LogP contribution in [0.4, 0.5) is 0 Å². The highest BCUT2D eigenvalue weighted by atomic mass is 16.6. The SMILES string of the molecule is CCC(=O)c1c([O-])on[n+]1-c1ccccc1. The summed E-state index contributed by atoms with van der Waals surface area (Å²) in [5.41, 5.74) is 0.596. The van der Waals surface area contributed by atoms with Gasteiger partial charge in [-0.3, -0.25) is 4.79 Å². The predicted octanol–water partition coefficient (Wildman–Crippen LogP) is 0.618. The number of para-hydroxylation sites is 1. The van der Waals surface area contributed by atoms with Gasteiger partial charge in [-0.05, 0) is 4.68 Å². The number of carbonyl (C=O) groups excluding carboxylic acids is 1. The molecule has 1 heterocycles. The summed E-state index contributed by atoms with van der Waals surface area (Å²) in [6, 6.07) is 8.91. The van der Waals surface area contributed by atoms with Crippen LogP contribution in [0.3, 0.4) is 0 Å². The van der Waals surface area contributed by atoms with E-state index in [1.165, 1.54) is 4.68 Å². The van der Waals surface area contributed by atoms with Crippen molar-refractivity contribution in [3.05, 3.63) is 36.0 Å². The fourth-order valence-corrected chi connectivity index (χ4v) is 1.39. The van der Waals surface area contributed by atoms with E-state index in [1.807, 2.05) is 6.07 Å². The molecular weight excluding hydrogens is 208 g/mol. The first-order chi connectivity index (χ1) is 7.74. The quantitative estimate of drug-likeness (QED) is 0.559. The lowest BCUT2D eigenvalue weighted by Gasteiger charge is -1.94. The lowest BCUT2D eigenvalue weighted by atomic mass is 10.2. The Balaban J connectivity index is 2.55. The van der Waals surface area contributed by atoms with Crippen molar-refractivity contribution in [1.29, 1.82) is 0 Å². The van der Waals surface area contributed by atoms with Crippen LogP contribution < -0.4 is 9.79 Å². The van der Waals surface area contributed by atoms with Gasteiger partial charge in [0, 0.05) is 18.6 Å². The van der Waals surface area contributed by atoms with E-state index in [1.54, 1.807) is 31.2 Å². The Morgan fingerprint density at radius 1 is 1.44 bits per heavy atom. The van der Waals surface area contributed by atoms with Gasteiger partial charge in [-0.25, -0.2) is 0 Å². The molecule has 0 fully saturated rings. The number of carbonyl (C=O) groups is 1. The second-order valence-electron chi connectivity index (χ2n) is 3.23. The first-order valence-corrected chi connectivity index (χ1v) is 4.91. The van der Waals surface area contributed by atoms with E-state index < -0.39 is 5.95 Å². The fourth-order valence-electron chi connectivity index (χ4n) is 1.39. The summed E-state index contributed by atoms with van der Waals surface area (Å²) in [4.78, 5) is 11.6. The molecular formula is C11H10N2O3. The van der Waals surface area contributed by atoms with Crippen molar-refractivity contribution in [2.75, 3.05) is 0 Å². The number of nitrogens with zero attached hydrogens (tertiary/aromatic N) is 2. The van der Waals surface area contributed by atoms with Crippen LogP contribution in [-0.4, -0.2) is 11.1 Å². The molecule has 0 spiro atoms. The Kier molecular flexibility index (Phi) is 2.68. The molecule has 1 aromatic heterocycles. The molecule has 0 saturated carbocycles. The number of aromatic nitrogens is 2. The van der Waals surface area contributed by atoms with Gasteiger partial charge in [0.15, 0.2) is 5.95 Å². The summed E-state index contributed by atoms with van der Waals surface area (Å²) >= 11 is 0. The highest BCUT2D eigenvalue weighted by Crippen LogP contribution is 2.11. The van der Waals surface area contributed by atoms with E-state index in [2.05, 4.69) is 9.79 Å². The van der Waals surface area contributed by atoms with Gasteiger partial charge in [0.05, 0.1) is 5.27 Å². The molecule has 0 bridgehead atoms. The molecule has 0 aliphatic rings. The van der Waals surface area contributed by atoms with E-state index in [0.29, 0.717) is 5.69 Å². The summed E-state index contributed by atoms with van der Waals surface area (Å²) in [6.07, 6.45) is 0.239. The third-order valence-electron chi connectivity index (χ3n) is 2.20. The van der Waals surface area contributed by atoms with Crippen LogP contribution >= 0.6 is 0 Å². The molecule has 5 nitrogen and oxygen atoms in total. The van der Waals surface area contributed by atoms with Crippen molar-refractivity contribution in [3.63, 3.8) is 0 Å². The number of hydrogen-bond donors (Lipinski definition) is 0. The number of rotatable bonds is 3. The average Bonchev–Trinajstić information content (AvgIpc) is 2.71. The fraction of sp³-hybridized carbons (Fsp3) is 0.182. The normalized spacial score (nSPS) is 10.3. The van der Waals surface area contributed by atoms with Gasteiger partial charge in [0.2, 0.25) is 11.5 Å². The van der Waals surface area contributed by atoms with Crippen molar-refractivity contribution >= 4 is 5.78 Å². The van der Waals surface area contributed by atoms with E-state index in [4.69, 9.17) is 0 Å². The predicted molar refractivity (Wildman–Crippen MR) is 52.1 cm³/mol. The van der Waals surface area contributed by atoms with Gasteiger partial charge in [-0.2, -0.15) is 0 Å². The second kappa shape index (κ2) is 4.14. The Morgan fingerprint density at radius 3 is 2.75 bits per heavy atom. The highest BCUT2D eigenvalue weighted by molar-refractivity contribution is 5.94. The van der Waals surface area contributed by atoms with E-state index >= 15 is 0 Å². The van der Waals surface area contributed by atoms with Crippen molar-refractivity contribution in [2.24, 2.45) is 0 Å². The smallest absolute Gasteiger partial charge is 0.306 e. The number of Topliss-reactive ketones (excluding diaryl/α,β-unsaturated/α-hetero) is 1. The van der Waals surface area contributed by atoms with Crippen molar-refractivity contribution < 1.29 is 19.1 Å². The Morgan fingerprint density at radius 2 is 2.12 bits per heavy atom. The Labute approximate surface area is 91.9 Å². The monoisotopic (exact) mass is 218 g/mol. The molecule has 1 aromatic carbocycles. The first-order valence-electron chi connectivity index (χ1n) is 4.91. The summed E-state index contributed by atoms with van der Waals surface area (Å²) in [5.74, 6) is -0.981. The standard InChI is InChI=1S/C11H10N2O3/c1-2-9(14)10-11(15)16-12-13(10)8-6-4-3-5-7-8/h3-7H,2H2,1H3. The van der Waals surface area contributed by atoms with E-state index in [-0.39, 0.29) is 17.9 Å². The van der Waals surface area contributed by atoms with Gasteiger partial charge in [-0.1, -0.05) is 25.1 Å². The lowest BCUT2D eigenvalue weighted by Crippen LogP contribution is -2.38. The third kappa shape index (κ3) is 1.67. The zero-order valence-corrected chi connectivity index (χ0v) is 8.71. The maximum absolute atomic E-state index is 11.6. The summed E-state index contributed by atoms with van der Waals surface area (Å²) < 4.78 is 5.74. The zero-order valence-electron chi connectivity index (χ0n) is 8.71. The molecule has 0 saturated heterocycles. The summed E-state index contributed by atoms with van der Waals surface area (Å²) in [7, 11) is 0. The van der Waals surface area contributed by atoms with Crippen LogP contribution in [0.2, 0.25) is 0 Å². The zero-order chi connectivity index (χ0) is 11.5. The van der Waals surface area contributed by atoms with Crippen molar-refractivity contribution in [1.82, 2.24) is 5.27 Å². The minimum absolute atomic E-state index is 0.0336. The van der Waals surface area contributed by atoms with Gasteiger partial charge in [0.25, 0.3) is 0 Å². The van der Waals surface area contributed by atoms with Gasteiger partial charge >= 0.3 is 5.69 Å². The van der Waals surface area contributed by atoms with Crippen molar-refractivity contribution in [2.45, 2.75) is 13.3 Å². The van der Waals surface area contributed by atoms with Crippen LogP contribution in [-0.2, 0) is 0 Å². The average molecular weight is 218 g/mol. The maximum Gasteiger partial charge on any atom is 0.306 e. The molecule has 0 aliphatic heterocycles. The van der Waals surface area contributed by atoms with Crippen LogP contribution in [0.25, 0.3) is 5.69 Å². The lowest BCUT2D eigenvalue weighted by molar-refractivity contribution is -0.672. The largest absolute Gasteiger partial charge is 0.539 e. The molecule has 0 atom stereocenters. The molecule has 0 amide bonds. The number of benzene rings is 1. The number of ketones is 1. The Bertz CT molecular complexity index is 505. The maximum atomic E-state index is 11.6. The Hall–Kier alpha value is -2.17. The van der Waals surface area contributed by atoms with Crippen LogP contribution in [0, 0.1) is 0 Å². The topological polar surface area (TPSA) is 70.0 Å². The van der Waals surface area contributed by atoms with Crippen LogP contribution in [0.1, 0.15) is 23.8 Å². The molecule has 16 heavy (non-hydrogen) atoms. The van der Waals surface area contributed by atoms with Crippen molar-refractivity contribution in [3.8, 4) is 11.6 Å². The molecule has 0 aliphatic carbocycles. The molecule has 0 N–H and O–H groups in total. The van der Waals surface area contributed by atoms with Gasteiger partial charge in [0.1, 0.15) is 0 Å². The van der Waals surface area contributed by atoms with Crippen LogP contribution in [0.5, 0.6) is 5.95 Å². The minimum Gasteiger partial charge on any atom is -0.539 e. The minimum atomic E-state index is -0.698. The second-order valence-corrected chi connectivity index (χ2v) is 3.23. The summed E-state index contributed by atoms with van der Waals surface area (Å²) in [5, 5.41) is 14.9. The van der Waals surface area contributed by atoms with Gasteiger partial charge in [-0.15, -0.1) is 0 Å². The number of hydrogen-bond acceptors (Lipinski definition) is 4. The molecule has 82 valence electrons. The van der Waals surface area contributed by atoms with Crippen LogP contribution in [0.15, 0.2) is 34.9 Å². The molecule has 2 rings (SSSR count). The first kappa shape index (κ1) is 10.4. The molecule has 2 aromatic rings. The molecule has 0 unspecified atom stereocenters. The molecule has 5 heteroatoms. The van der Waals surface area contributed by atoms with E-state index in [0.717, 1.165) is 0 Å². The molecule has 0 radical (unpaired) electrons.